The number of carbonyl (C=O) groups is 1. The molecule has 0 aliphatic carbocycles. The van der Waals surface area contributed by atoms with Gasteiger partial charge < -0.3 is 14.8 Å². The SMILES string of the molecule is CCOCCCC(=O)Nc1cccc(CN2C[C@@H](C)O[C@H](C)C2)c1. The van der Waals surface area contributed by atoms with E-state index in [4.69, 9.17) is 9.47 Å². The summed E-state index contributed by atoms with van der Waals surface area (Å²) >= 11 is 0. The van der Waals surface area contributed by atoms with Crippen molar-refractivity contribution < 1.29 is 14.3 Å². The Morgan fingerprint density at radius 3 is 2.79 bits per heavy atom. The summed E-state index contributed by atoms with van der Waals surface area (Å²) < 4.78 is 11.0. The van der Waals surface area contributed by atoms with Crippen LogP contribution in [0.3, 0.4) is 0 Å². The molecule has 0 bridgehead atoms. The van der Waals surface area contributed by atoms with E-state index in [0.29, 0.717) is 19.6 Å². The molecule has 0 radical (unpaired) electrons. The third-order valence-corrected chi connectivity index (χ3v) is 4.01. The van der Waals surface area contributed by atoms with E-state index in [2.05, 4.69) is 36.2 Å². The van der Waals surface area contributed by atoms with Gasteiger partial charge in [0.1, 0.15) is 0 Å². The van der Waals surface area contributed by atoms with Gasteiger partial charge in [0.05, 0.1) is 12.2 Å². The molecule has 0 unspecified atom stereocenters. The van der Waals surface area contributed by atoms with Crippen molar-refractivity contribution in [3.8, 4) is 0 Å². The second-order valence-corrected chi connectivity index (χ2v) is 6.50. The molecule has 0 aromatic heterocycles. The molecule has 1 aromatic rings. The van der Waals surface area contributed by atoms with Crippen LogP contribution in [0.25, 0.3) is 0 Å². The highest BCUT2D eigenvalue weighted by Gasteiger charge is 2.22. The maximum atomic E-state index is 12.0. The van der Waals surface area contributed by atoms with Crippen LogP contribution >= 0.6 is 0 Å². The Balaban J connectivity index is 1.83. The normalized spacial score (nSPS) is 21.6. The van der Waals surface area contributed by atoms with Crippen LogP contribution in [0.5, 0.6) is 0 Å². The fourth-order valence-corrected chi connectivity index (χ4v) is 3.12. The average Bonchev–Trinajstić information content (AvgIpc) is 2.51. The van der Waals surface area contributed by atoms with Crippen LogP contribution in [0.4, 0.5) is 5.69 Å². The lowest BCUT2D eigenvalue weighted by molar-refractivity contribution is -0.116. The van der Waals surface area contributed by atoms with Crippen molar-refractivity contribution in [2.24, 2.45) is 0 Å². The van der Waals surface area contributed by atoms with Crippen LogP contribution in [0.1, 0.15) is 39.2 Å². The van der Waals surface area contributed by atoms with Crippen molar-refractivity contribution in [3.05, 3.63) is 29.8 Å². The lowest BCUT2D eigenvalue weighted by Gasteiger charge is -2.35. The number of nitrogens with zero attached hydrogens (tertiary/aromatic N) is 1. The molecular formula is C19H30N2O3. The number of rotatable bonds is 8. The van der Waals surface area contributed by atoms with Crippen molar-refractivity contribution in [1.82, 2.24) is 4.90 Å². The average molecular weight is 334 g/mol. The zero-order valence-corrected chi connectivity index (χ0v) is 15.1. The molecule has 2 rings (SSSR count). The molecule has 1 heterocycles. The molecule has 1 aliphatic rings. The Labute approximate surface area is 145 Å². The highest BCUT2D eigenvalue weighted by molar-refractivity contribution is 5.90. The number of carbonyl (C=O) groups excluding carboxylic acids is 1. The zero-order valence-electron chi connectivity index (χ0n) is 15.1. The van der Waals surface area contributed by atoms with Gasteiger partial charge in [0.2, 0.25) is 5.91 Å². The van der Waals surface area contributed by atoms with Gasteiger partial charge in [-0.25, -0.2) is 0 Å². The number of benzene rings is 1. The van der Waals surface area contributed by atoms with E-state index < -0.39 is 0 Å². The van der Waals surface area contributed by atoms with E-state index in [9.17, 15) is 4.79 Å². The number of anilines is 1. The Morgan fingerprint density at radius 1 is 1.33 bits per heavy atom. The lowest BCUT2D eigenvalue weighted by atomic mass is 10.1. The van der Waals surface area contributed by atoms with Crippen molar-refractivity contribution in [2.75, 3.05) is 31.6 Å². The van der Waals surface area contributed by atoms with Crippen LogP contribution in [-0.2, 0) is 20.8 Å². The summed E-state index contributed by atoms with van der Waals surface area (Å²) in [7, 11) is 0. The predicted octanol–water partition coefficient (Wildman–Crippen LogP) is 3.05. The summed E-state index contributed by atoms with van der Waals surface area (Å²) in [6.07, 6.45) is 1.77. The molecule has 1 amide bonds. The Morgan fingerprint density at radius 2 is 2.08 bits per heavy atom. The number of hydrogen-bond donors (Lipinski definition) is 1. The van der Waals surface area contributed by atoms with E-state index in [-0.39, 0.29) is 18.1 Å². The molecule has 1 saturated heterocycles. The second-order valence-electron chi connectivity index (χ2n) is 6.50. The molecule has 5 nitrogen and oxygen atoms in total. The van der Waals surface area contributed by atoms with Crippen LogP contribution in [0, 0.1) is 0 Å². The van der Waals surface area contributed by atoms with Crippen molar-refractivity contribution in [3.63, 3.8) is 0 Å². The number of morpholine rings is 1. The minimum Gasteiger partial charge on any atom is -0.382 e. The van der Waals surface area contributed by atoms with Crippen LogP contribution in [0.2, 0.25) is 0 Å². The molecular weight excluding hydrogens is 304 g/mol. The van der Waals surface area contributed by atoms with E-state index in [0.717, 1.165) is 31.7 Å². The van der Waals surface area contributed by atoms with Gasteiger partial charge in [-0.3, -0.25) is 9.69 Å². The van der Waals surface area contributed by atoms with Gasteiger partial charge in [0.15, 0.2) is 0 Å². The summed E-state index contributed by atoms with van der Waals surface area (Å²) in [4.78, 5) is 14.4. The minimum atomic E-state index is 0.0421. The number of amides is 1. The summed E-state index contributed by atoms with van der Waals surface area (Å²) in [5.74, 6) is 0.0421. The highest BCUT2D eigenvalue weighted by atomic mass is 16.5. The summed E-state index contributed by atoms with van der Waals surface area (Å²) in [6, 6.07) is 8.10. The van der Waals surface area contributed by atoms with Crippen LogP contribution in [0.15, 0.2) is 24.3 Å². The molecule has 1 aliphatic heterocycles. The molecule has 1 aromatic carbocycles. The van der Waals surface area contributed by atoms with E-state index >= 15 is 0 Å². The van der Waals surface area contributed by atoms with Crippen molar-refractivity contribution in [2.45, 2.75) is 52.4 Å². The van der Waals surface area contributed by atoms with Crippen LogP contribution < -0.4 is 5.32 Å². The number of nitrogens with one attached hydrogen (secondary N) is 1. The Bertz CT molecular complexity index is 511. The quantitative estimate of drug-likeness (QED) is 0.743. The summed E-state index contributed by atoms with van der Waals surface area (Å²) in [5.41, 5.74) is 2.08. The molecule has 5 heteroatoms. The standard InChI is InChI=1S/C19H30N2O3/c1-4-23-10-6-9-19(22)20-18-8-5-7-17(11-18)14-21-12-15(2)24-16(3)13-21/h5,7-8,11,15-16H,4,6,9-10,12-14H2,1-3H3,(H,20,22)/t15-,16-/m1/s1. The first-order valence-corrected chi connectivity index (χ1v) is 8.91. The first-order valence-electron chi connectivity index (χ1n) is 8.91. The molecule has 1 N–H and O–H groups in total. The number of ether oxygens (including phenoxy) is 2. The molecule has 0 saturated carbocycles. The Kier molecular flexibility index (Phi) is 7.69. The fraction of sp³-hybridized carbons (Fsp3) is 0.632. The minimum absolute atomic E-state index is 0.0421. The highest BCUT2D eigenvalue weighted by Crippen LogP contribution is 2.17. The van der Waals surface area contributed by atoms with E-state index in [1.807, 2.05) is 19.1 Å². The van der Waals surface area contributed by atoms with Crippen molar-refractivity contribution >= 4 is 11.6 Å². The third-order valence-electron chi connectivity index (χ3n) is 4.01. The van der Waals surface area contributed by atoms with Gasteiger partial charge in [0.25, 0.3) is 0 Å². The monoisotopic (exact) mass is 334 g/mol. The van der Waals surface area contributed by atoms with Gasteiger partial charge in [-0.05, 0) is 44.9 Å². The summed E-state index contributed by atoms with van der Waals surface area (Å²) in [6.45, 7) is 10.3. The van der Waals surface area contributed by atoms with E-state index in [1.54, 1.807) is 0 Å². The molecule has 1 fully saturated rings. The van der Waals surface area contributed by atoms with Crippen LogP contribution in [-0.4, -0.2) is 49.3 Å². The predicted molar refractivity (Wildman–Crippen MR) is 96.1 cm³/mol. The lowest BCUT2D eigenvalue weighted by Crippen LogP contribution is -2.44. The van der Waals surface area contributed by atoms with E-state index in [1.165, 1.54) is 5.56 Å². The fourth-order valence-electron chi connectivity index (χ4n) is 3.12. The molecule has 2 atom stereocenters. The van der Waals surface area contributed by atoms with Gasteiger partial charge >= 0.3 is 0 Å². The topological polar surface area (TPSA) is 50.8 Å². The largest absolute Gasteiger partial charge is 0.382 e. The molecule has 24 heavy (non-hydrogen) atoms. The third kappa shape index (κ3) is 6.59. The maximum absolute atomic E-state index is 12.0. The first kappa shape index (κ1) is 18.9. The molecule has 0 spiro atoms. The smallest absolute Gasteiger partial charge is 0.224 e. The van der Waals surface area contributed by atoms with Gasteiger partial charge in [0, 0.05) is 45.0 Å². The van der Waals surface area contributed by atoms with Gasteiger partial charge in [-0.2, -0.15) is 0 Å². The van der Waals surface area contributed by atoms with Crippen molar-refractivity contribution in [1.29, 1.82) is 0 Å². The van der Waals surface area contributed by atoms with Gasteiger partial charge in [-0.15, -0.1) is 0 Å². The maximum Gasteiger partial charge on any atom is 0.224 e. The Hall–Kier alpha value is -1.43. The molecule has 134 valence electrons. The number of hydrogen-bond acceptors (Lipinski definition) is 4. The second kappa shape index (κ2) is 9.77. The summed E-state index contributed by atoms with van der Waals surface area (Å²) in [5, 5.41) is 2.98. The zero-order chi connectivity index (χ0) is 17.4. The van der Waals surface area contributed by atoms with Gasteiger partial charge in [-0.1, -0.05) is 12.1 Å². The first-order chi connectivity index (χ1) is 11.6.